The van der Waals surface area contributed by atoms with Crippen LogP contribution in [-0.4, -0.2) is 31.6 Å². The fourth-order valence-electron chi connectivity index (χ4n) is 1.37. The Bertz CT molecular complexity index is 81.0. The average molecular weight is 127 g/mol. The second kappa shape index (κ2) is 3.18. The second-order valence-electron chi connectivity index (χ2n) is 2.79. The van der Waals surface area contributed by atoms with Gasteiger partial charge in [-0.15, -0.1) is 0 Å². The number of hydrogen-bond donors (Lipinski definition) is 1. The molecule has 1 atom stereocenters. The summed E-state index contributed by atoms with van der Waals surface area (Å²) in [7, 11) is 5.88. The highest BCUT2D eigenvalue weighted by atomic mass is 15.1. The Labute approximate surface area is 57.2 Å². The molecule has 0 saturated carbocycles. The summed E-state index contributed by atoms with van der Waals surface area (Å²) < 4.78 is 0. The predicted molar refractivity (Wildman–Crippen MR) is 39.0 cm³/mol. The molecule has 2 nitrogen and oxygen atoms in total. The van der Waals surface area contributed by atoms with Crippen LogP contribution in [0.4, 0.5) is 0 Å². The van der Waals surface area contributed by atoms with Crippen molar-refractivity contribution in [3.8, 4) is 0 Å². The molecular weight excluding hydrogens is 112 g/mol. The van der Waals surface area contributed by atoms with Crippen molar-refractivity contribution in [1.82, 2.24) is 10.2 Å². The fraction of sp³-hybridized carbons (Fsp3) is 0.857. The largest absolute Gasteiger partial charge is 0.459 e. The molecule has 1 saturated heterocycles. The Kier molecular flexibility index (Phi) is 2.49. The zero-order valence-electron chi connectivity index (χ0n) is 6.06. The SMILES string of the molecule is [CH2-]N1CC[C@H](CNC)C1. The van der Waals surface area contributed by atoms with Gasteiger partial charge in [0.2, 0.25) is 0 Å². The van der Waals surface area contributed by atoms with Crippen LogP contribution in [-0.2, 0) is 0 Å². The number of hydrogen-bond acceptors (Lipinski definition) is 2. The Balaban J connectivity index is 2.14. The zero-order chi connectivity index (χ0) is 6.69. The molecule has 2 heteroatoms. The van der Waals surface area contributed by atoms with E-state index in [2.05, 4.69) is 17.3 Å². The average Bonchev–Trinajstić information content (AvgIpc) is 2.17. The van der Waals surface area contributed by atoms with Crippen LogP contribution in [0.15, 0.2) is 0 Å². The first-order valence-corrected chi connectivity index (χ1v) is 3.53. The van der Waals surface area contributed by atoms with E-state index in [0.29, 0.717) is 0 Å². The minimum absolute atomic E-state index is 0.840. The molecule has 1 aliphatic rings. The molecule has 1 aliphatic heterocycles. The maximum absolute atomic E-state index is 3.88. The van der Waals surface area contributed by atoms with Gasteiger partial charge >= 0.3 is 0 Å². The molecule has 54 valence electrons. The van der Waals surface area contributed by atoms with Crippen LogP contribution in [0.3, 0.4) is 0 Å². The van der Waals surface area contributed by atoms with Gasteiger partial charge < -0.3 is 10.2 Å². The van der Waals surface area contributed by atoms with Crippen LogP contribution in [0.25, 0.3) is 0 Å². The van der Waals surface area contributed by atoms with Crippen LogP contribution in [0, 0.1) is 13.0 Å². The minimum Gasteiger partial charge on any atom is -0.459 e. The van der Waals surface area contributed by atoms with E-state index < -0.39 is 0 Å². The molecule has 1 N–H and O–H groups in total. The second-order valence-corrected chi connectivity index (χ2v) is 2.79. The molecule has 0 aromatic carbocycles. The predicted octanol–water partition coefficient (Wildman–Crippen LogP) is 0.319. The molecule has 9 heavy (non-hydrogen) atoms. The molecule has 0 spiro atoms. The van der Waals surface area contributed by atoms with Gasteiger partial charge in [-0.2, -0.15) is 0 Å². The molecule has 0 amide bonds. The zero-order valence-corrected chi connectivity index (χ0v) is 6.06. The van der Waals surface area contributed by atoms with Gasteiger partial charge in [0.05, 0.1) is 0 Å². The first-order chi connectivity index (χ1) is 4.33. The van der Waals surface area contributed by atoms with Crippen molar-refractivity contribution in [2.24, 2.45) is 5.92 Å². The van der Waals surface area contributed by atoms with Gasteiger partial charge in [0.15, 0.2) is 0 Å². The molecule has 1 heterocycles. The molecule has 0 radical (unpaired) electrons. The minimum atomic E-state index is 0.840. The number of nitrogens with zero attached hydrogens (tertiary/aromatic N) is 1. The summed E-state index contributed by atoms with van der Waals surface area (Å²) in [6.07, 6.45) is 1.31. The highest BCUT2D eigenvalue weighted by molar-refractivity contribution is 4.75. The summed E-state index contributed by atoms with van der Waals surface area (Å²) in [4.78, 5) is 2.14. The lowest BCUT2D eigenvalue weighted by molar-refractivity contribution is 0.427. The quantitative estimate of drug-likeness (QED) is 0.537. The number of likely N-dealkylation sites (tertiary alicyclic amines) is 1. The number of nitrogens with one attached hydrogen (secondary N) is 1. The molecule has 0 aromatic rings. The highest BCUT2D eigenvalue weighted by Crippen LogP contribution is 2.12. The lowest BCUT2D eigenvalue weighted by Gasteiger charge is -2.16. The summed E-state index contributed by atoms with van der Waals surface area (Å²) >= 11 is 0. The lowest BCUT2D eigenvalue weighted by atomic mass is 10.1. The molecule has 1 rings (SSSR count). The molecular formula is C7H15N2-. The van der Waals surface area contributed by atoms with E-state index in [4.69, 9.17) is 0 Å². The van der Waals surface area contributed by atoms with Crippen LogP contribution >= 0.6 is 0 Å². The first-order valence-electron chi connectivity index (χ1n) is 3.53. The maximum Gasteiger partial charge on any atom is -0.00117 e. The Morgan fingerprint density at radius 1 is 1.78 bits per heavy atom. The summed E-state index contributed by atoms with van der Waals surface area (Å²) in [5.41, 5.74) is 0. The van der Waals surface area contributed by atoms with Gasteiger partial charge in [-0.05, 0) is 39.0 Å². The van der Waals surface area contributed by atoms with Crippen molar-refractivity contribution in [3.05, 3.63) is 7.05 Å². The van der Waals surface area contributed by atoms with E-state index >= 15 is 0 Å². The maximum atomic E-state index is 3.88. The third-order valence-electron chi connectivity index (χ3n) is 1.86. The molecule has 0 unspecified atom stereocenters. The van der Waals surface area contributed by atoms with E-state index in [0.717, 1.165) is 12.5 Å². The Morgan fingerprint density at radius 2 is 2.56 bits per heavy atom. The summed E-state index contributed by atoms with van der Waals surface area (Å²) in [5, 5.41) is 3.18. The van der Waals surface area contributed by atoms with Gasteiger partial charge in [0.25, 0.3) is 0 Å². The molecule has 1 fully saturated rings. The van der Waals surface area contributed by atoms with Crippen molar-refractivity contribution >= 4 is 0 Å². The molecule has 0 bridgehead atoms. The smallest absolute Gasteiger partial charge is 0.00117 e. The monoisotopic (exact) mass is 127 g/mol. The van der Waals surface area contributed by atoms with Gasteiger partial charge in [-0.25, -0.2) is 0 Å². The Hall–Kier alpha value is -0.0800. The van der Waals surface area contributed by atoms with Crippen molar-refractivity contribution < 1.29 is 0 Å². The van der Waals surface area contributed by atoms with Crippen molar-refractivity contribution in [1.29, 1.82) is 0 Å². The van der Waals surface area contributed by atoms with E-state index in [1.807, 2.05) is 7.05 Å². The van der Waals surface area contributed by atoms with E-state index in [-0.39, 0.29) is 0 Å². The van der Waals surface area contributed by atoms with Crippen LogP contribution < -0.4 is 5.32 Å². The summed E-state index contributed by atoms with van der Waals surface area (Å²) in [6.45, 7) is 3.49. The van der Waals surface area contributed by atoms with Crippen molar-refractivity contribution in [2.75, 3.05) is 26.7 Å². The fourth-order valence-corrected chi connectivity index (χ4v) is 1.37. The van der Waals surface area contributed by atoms with Crippen LogP contribution in [0.2, 0.25) is 0 Å². The van der Waals surface area contributed by atoms with Crippen molar-refractivity contribution in [2.45, 2.75) is 6.42 Å². The summed E-state index contributed by atoms with van der Waals surface area (Å²) in [6, 6.07) is 0. The highest BCUT2D eigenvalue weighted by Gasteiger charge is 2.13. The summed E-state index contributed by atoms with van der Waals surface area (Å²) in [5.74, 6) is 0.840. The number of rotatable bonds is 2. The lowest BCUT2D eigenvalue weighted by Crippen LogP contribution is -2.21. The Morgan fingerprint density at radius 3 is 3.00 bits per heavy atom. The molecule has 0 aliphatic carbocycles. The van der Waals surface area contributed by atoms with Gasteiger partial charge in [-0.1, -0.05) is 0 Å². The van der Waals surface area contributed by atoms with Gasteiger partial charge in [0.1, 0.15) is 0 Å². The third kappa shape index (κ3) is 1.95. The van der Waals surface area contributed by atoms with Gasteiger partial charge in [0, 0.05) is 0 Å². The third-order valence-corrected chi connectivity index (χ3v) is 1.86. The van der Waals surface area contributed by atoms with Gasteiger partial charge in [-0.3, -0.25) is 7.05 Å². The van der Waals surface area contributed by atoms with Crippen molar-refractivity contribution in [3.63, 3.8) is 0 Å². The normalized spacial score (nSPS) is 29.3. The van der Waals surface area contributed by atoms with E-state index in [9.17, 15) is 0 Å². The van der Waals surface area contributed by atoms with E-state index in [1.54, 1.807) is 0 Å². The first kappa shape index (κ1) is 7.03. The van der Waals surface area contributed by atoms with Crippen LogP contribution in [0.5, 0.6) is 0 Å². The van der Waals surface area contributed by atoms with E-state index in [1.165, 1.54) is 19.5 Å². The topological polar surface area (TPSA) is 15.3 Å². The molecule has 0 aromatic heterocycles. The standard InChI is InChI=1S/C7H15N2/c1-8-5-7-3-4-9(2)6-7/h7-8H,2-6H2,1H3/q-1/t7-/m1/s1. The van der Waals surface area contributed by atoms with Crippen LogP contribution in [0.1, 0.15) is 6.42 Å².